The maximum atomic E-state index is 14.2. The molecule has 1 N–H and O–H groups in total. The zero-order valence-electron chi connectivity index (χ0n) is 26.1. The highest BCUT2D eigenvalue weighted by molar-refractivity contribution is 7.92. The molecule has 0 saturated carbocycles. The molecule has 0 radical (unpaired) electrons. The Balaban J connectivity index is 2.07. The van der Waals surface area contributed by atoms with E-state index >= 15 is 0 Å². The molecule has 0 heterocycles. The van der Waals surface area contributed by atoms with Crippen molar-refractivity contribution in [3.63, 3.8) is 0 Å². The second-order valence-corrected chi connectivity index (χ2v) is 13.1. The van der Waals surface area contributed by atoms with Crippen LogP contribution in [0.5, 0.6) is 11.5 Å². The van der Waals surface area contributed by atoms with Crippen LogP contribution in [0, 0.1) is 6.92 Å². The number of methoxy groups -OCH3 is 1. The van der Waals surface area contributed by atoms with Gasteiger partial charge < -0.3 is 19.7 Å². The number of hydrogen-bond donors (Lipinski definition) is 1. The molecule has 3 aromatic rings. The number of anilines is 1. The molecule has 0 saturated heterocycles. The third-order valence-electron chi connectivity index (χ3n) is 6.72. The largest absolute Gasteiger partial charge is 0.497 e. The summed E-state index contributed by atoms with van der Waals surface area (Å²) in [5.74, 6) is 0.406. The monoisotopic (exact) mass is 609 g/mol. The average Bonchev–Trinajstić information content (AvgIpc) is 2.96. The van der Waals surface area contributed by atoms with Crippen LogP contribution in [0.1, 0.15) is 52.2 Å². The lowest BCUT2D eigenvalue weighted by atomic mass is 10.1. The van der Waals surface area contributed by atoms with Gasteiger partial charge in [0.05, 0.1) is 24.3 Å². The zero-order valence-corrected chi connectivity index (χ0v) is 26.9. The standard InChI is InChI=1S/C33H43N3O6S/c1-8-30(32(38)34-33(4,5)6)35(22-25-12-16-27(41-7)17-13-25)31(37)23-36(26-14-18-28(19-15-26)42-9-2)43(39,40)29-20-10-24(3)11-21-29/h10-21,30H,8-9,22-23H2,1-7H3,(H,34,38)/t30-/m1/s1. The number of nitrogens with one attached hydrogen (secondary N) is 1. The van der Waals surface area contributed by atoms with E-state index in [9.17, 15) is 18.0 Å². The first-order valence-corrected chi connectivity index (χ1v) is 15.8. The molecule has 232 valence electrons. The van der Waals surface area contributed by atoms with Gasteiger partial charge in [-0.05, 0) is 95.1 Å². The van der Waals surface area contributed by atoms with Crippen molar-refractivity contribution in [2.45, 2.75) is 71.0 Å². The maximum absolute atomic E-state index is 14.2. The molecule has 43 heavy (non-hydrogen) atoms. The fourth-order valence-corrected chi connectivity index (χ4v) is 5.96. The lowest BCUT2D eigenvalue weighted by Crippen LogP contribution is -2.55. The Kier molecular flexibility index (Phi) is 11.2. The summed E-state index contributed by atoms with van der Waals surface area (Å²) in [5.41, 5.74) is 1.45. The molecular weight excluding hydrogens is 566 g/mol. The third kappa shape index (κ3) is 8.97. The quantitative estimate of drug-likeness (QED) is 0.281. The van der Waals surface area contributed by atoms with Crippen LogP contribution in [0.2, 0.25) is 0 Å². The van der Waals surface area contributed by atoms with Crippen LogP contribution in [0.4, 0.5) is 5.69 Å². The Morgan fingerprint density at radius 3 is 1.98 bits per heavy atom. The molecule has 0 aromatic heterocycles. The number of benzene rings is 3. The number of carbonyl (C=O) groups excluding carboxylic acids is 2. The van der Waals surface area contributed by atoms with Gasteiger partial charge in [0.1, 0.15) is 24.1 Å². The van der Waals surface area contributed by atoms with E-state index in [1.807, 2.05) is 53.7 Å². The Hall–Kier alpha value is -4.05. The first-order valence-electron chi connectivity index (χ1n) is 14.4. The van der Waals surface area contributed by atoms with Crippen LogP contribution in [0.15, 0.2) is 77.7 Å². The van der Waals surface area contributed by atoms with Crippen LogP contribution in [0.25, 0.3) is 0 Å². The predicted molar refractivity (Wildman–Crippen MR) is 169 cm³/mol. The third-order valence-corrected chi connectivity index (χ3v) is 8.51. The van der Waals surface area contributed by atoms with E-state index in [2.05, 4.69) is 5.32 Å². The van der Waals surface area contributed by atoms with Crippen molar-refractivity contribution in [3.05, 3.63) is 83.9 Å². The van der Waals surface area contributed by atoms with Crippen molar-refractivity contribution in [2.75, 3.05) is 24.6 Å². The Morgan fingerprint density at radius 1 is 0.884 bits per heavy atom. The summed E-state index contributed by atoms with van der Waals surface area (Å²) in [5, 5.41) is 2.98. The summed E-state index contributed by atoms with van der Waals surface area (Å²) in [4.78, 5) is 29.2. The molecule has 3 aromatic carbocycles. The second-order valence-electron chi connectivity index (χ2n) is 11.3. The van der Waals surface area contributed by atoms with Crippen LogP contribution in [0.3, 0.4) is 0 Å². The van der Waals surface area contributed by atoms with Crippen molar-refractivity contribution in [2.24, 2.45) is 0 Å². The van der Waals surface area contributed by atoms with Gasteiger partial charge in [-0.1, -0.05) is 36.8 Å². The minimum atomic E-state index is -4.16. The fourth-order valence-electron chi connectivity index (χ4n) is 4.54. The first-order chi connectivity index (χ1) is 20.3. The smallest absolute Gasteiger partial charge is 0.264 e. The number of hydrogen-bond acceptors (Lipinski definition) is 6. The van der Waals surface area contributed by atoms with Crippen LogP contribution >= 0.6 is 0 Å². The van der Waals surface area contributed by atoms with Crippen molar-refractivity contribution in [3.8, 4) is 11.5 Å². The van der Waals surface area contributed by atoms with E-state index in [0.29, 0.717) is 30.2 Å². The first kappa shape index (κ1) is 33.5. The molecular formula is C33H43N3O6S. The Bertz CT molecular complexity index is 1470. The zero-order chi connectivity index (χ0) is 31.8. The van der Waals surface area contributed by atoms with E-state index < -0.39 is 34.1 Å². The van der Waals surface area contributed by atoms with Gasteiger partial charge in [0.15, 0.2) is 0 Å². The highest BCUT2D eigenvalue weighted by Gasteiger charge is 2.34. The molecule has 2 amide bonds. The van der Waals surface area contributed by atoms with Crippen LogP contribution in [-0.4, -0.2) is 57.0 Å². The lowest BCUT2D eigenvalue weighted by Gasteiger charge is -2.34. The molecule has 10 heteroatoms. The van der Waals surface area contributed by atoms with Gasteiger partial charge in [0, 0.05) is 12.1 Å². The van der Waals surface area contributed by atoms with Crippen LogP contribution < -0.4 is 19.1 Å². The number of amides is 2. The summed E-state index contributed by atoms with van der Waals surface area (Å²) >= 11 is 0. The molecule has 0 aliphatic heterocycles. The topological polar surface area (TPSA) is 105 Å². The maximum Gasteiger partial charge on any atom is 0.264 e. The van der Waals surface area contributed by atoms with Gasteiger partial charge in [-0.15, -0.1) is 0 Å². The SMILES string of the molecule is CCOc1ccc(N(CC(=O)N(Cc2ccc(OC)cc2)[C@H](CC)C(=O)NC(C)(C)C)S(=O)(=O)c2ccc(C)cc2)cc1. The molecule has 3 rings (SSSR count). The summed E-state index contributed by atoms with van der Waals surface area (Å²) in [6.07, 6.45) is 0.331. The Morgan fingerprint density at radius 2 is 1.47 bits per heavy atom. The number of carbonyl (C=O) groups is 2. The van der Waals surface area contributed by atoms with Gasteiger partial charge in [0.25, 0.3) is 10.0 Å². The highest BCUT2D eigenvalue weighted by atomic mass is 32.2. The second kappa shape index (κ2) is 14.4. The van der Waals surface area contributed by atoms with Crippen LogP contribution in [-0.2, 0) is 26.2 Å². The van der Waals surface area contributed by atoms with E-state index in [4.69, 9.17) is 9.47 Å². The molecule has 0 unspecified atom stereocenters. The minimum absolute atomic E-state index is 0.0546. The van der Waals surface area contributed by atoms with E-state index in [-0.39, 0.29) is 17.3 Å². The molecule has 1 atom stereocenters. The molecule has 0 fully saturated rings. The summed E-state index contributed by atoms with van der Waals surface area (Å²) in [7, 11) is -2.59. The van der Waals surface area contributed by atoms with Crippen molar-refractivity contribution in [1.29, 1.82) is 0 Å². The van der Waals surface area contributed by atoms with Gasteiger partial charge in [0.2, 0.25) is 11.8 Å². The highest BCUT2D eigenvalue weighted by Crippen LogP contribution is 2.27. The summed E-state index contributed by atoms with van der Waals surface area (Å²) < 4.78 is 40.0. The number of rotatable bonds is 13. The number of nitrogens with zero attached hydrogens (tertiary/aromatic N) is 2. The van der Waals surface area contributed by atoms with Gasteiger partial charge in [-0.25, -0.2) is 8.42 Å². The molecule has 0 bridgehead atoms. The van der Waals surface area contributed by atoms with Gasteiger partial charge in [-0.2, -0.15) is 0 Å². The van der Waals surface area contributed by atoms with E-state index in [1.165, 1.54) is 17.0 Å². The molecule has 0 spiro atoms. The van der Waals surface area contributed by atoms with Gasteiger partial charge in [-0.3, -0.25) is 13.9 Å². The predicted octanol–water partition coefficient (Wildman–Crippen LogP) is 5.32. The molecule has 9 nitrogen and oxygen atoms in total. The van der Waals surface area contributed by atoms with E-state index in [1.54, 1.807) is 55.6 Å². The summed E-state index contributed by atoms with van der Waals surface area (Å²) in [6, 6.07) is 19.4. The van der Waals surface area contributed by atoms with Crippen molar-refractivity contribution < 1.29 is 27.5 Å². The van der Waals surface area contributed by atoms with E-state index in [0.717, 1.165) is 15.4 Å². The fraction of sp³-hybridized carbons (Fsp3) is 0.394. The molecule has 0 aliphatic rings. The average molecular weight is 610 g/mol. The molecule has 0 aliphatic carbocycles. The lowest BCUT2D eigenvalue weighted by molar-refractivity contribution is -0.141. The normalized spacial score (nSPS) is 12.3. The van der Waals surface area contributed by atoms with Crippen molar-refractivity contribution in [1.82, 2.24) is 10.2 Å². The van der Waals surface area contributed by atoms with Gasteiger partial charge >= 0.3 is 0 Å². The number of aryl methyl sites for hydroxylation is 1. The van der Waals surface area contributed by atoms with Crippen molar-refractivity contribution >= 4 is 27.5 Å². The Labute approximate surface area is 255 Å². The minimum Gasteiger partial charge on any atom is -0.497 e. The number of sulfonamides is 1. The number of ether oxygens (including phenoxy) is 2. The summed E-state index contributed by atoms with van der Waals surface area (Å²) in [6.45, 7) is 11.2.